The van der Waals surface area contributed by atoms with Crippen molar-refractivity contribution in [3.8, 4) is 11.6 Å². The molecule has 2 aromatic carbocycles. The van der Waals surface area contributed by atoms with E-state index in [9.17, 15) is 0 Å². The number of hydrogen-bond acceptors (Lipinski definition) is 5. The molecule has 0 atom stereocenters. The summed E-state index contributed by atoms with van der Waals surface area (Å²) in [5.41, 5.74) is 9.61. The highest BCUT2D eigenvalue weighted by molar-refractivity contribution is 6.31. The third kappa shape index (κ3) is 3.83. The zero-order valence-corrected chi connectivity index (χ0v) is 14.8. The molecule has 25 heavy (non-hydrogen) atoms. The Kier molecular flexibility index (Phi) is 5.05. The summed E-state index contributed by atoms with van der Waals surface area (Å²) in [7, 11) is 0. The van der Waals surface area contributed by atoms with E-state index in [0.29, 0.717) is 28.2 Å². The molecule has 0 bridgehead atoms. The van der Waals surface area contributed by atoms with Crippen molar-refractivity contribution in [1.82, 2.24) is 9.97 Å². The first kappa shape index (κ1) is 17.0. The van der Waals surface area contributed by atoms with Crippen LogP contribution in [0.5, 0.6) is 11.6 Å². The third-order valence-corrected chi connectivity index (χ3v) is 4.27. The molecule has 0 fully saturated rings. The summed E-state index contributed by atoms with van der Waals surface area (Å²) in [6, 6.07) is 13.4. The fraction of sp³-hybridized carbons (Fsp3) is 0.158. The molecule has 0 amide bonds. The molecule has 0 aliphatic heterocycles. The van der Waals surface area contributed by atoms with Crippen LogP contribution >= 0.6 is 11.6 Å². The molecule has 5 nitrogen and oxygen atoms in total. The summed E-state index contributed by atoms with van der Waals surface area (Å²) in [4.78, 5) is 8.37. The van der Waals surface area contributed by atoms with Gasteiger partial charge < -0.3 is 15.8 Å². The normalized spacial score (nSPS) is 10.5. The van der Waals surface area contributed by atoms with E-state index in [4.69, 9.17) is 22.1 Å². The zero-order valence-electron chi connectivity index (χ0n) is 14.1. The van der Waals surface area contributed by atoms with Gasteiger partial charge in [-0.3, -0.25) is 0 Å². The van der Waals surface area contributed by atoms with Gasteiger partial charge in [0.25, 0.3) is 0 Å². The Labute approximate surface area is 151 Å². The molecule has 1 heterocycles. The average Bonchev–Trinajstić information content (AvgIpc) is 2.62. The molecule has 1 aromatic heterocycles. The van der Waals surface area contributed by atoms with E-state index in [1.165, 1.54) is 11.9 Å². The van der Waals surface area contributed by atoms with E-state index in [2.05, 4.69) is 28.3 Å². The van der Waals surface area contributed by atoms with Crippen LogP contribution in [0.15, 0.2) is 48.8 Å². The second-order valence-electron chi connectivity index (χ2n) is 5.59. The lowest BCUT2D eigenvalue weighted by molar-refractivity contribution is 0.464. The van der Waals surface area contributed by atoms with Crippen molar-refractivity contribution in [3.63, 3.8) is 0 Å². The second kappa shape index (κ2) is 7.40. The van der Waals surface area contributed by atoms with Crippen LogP contribution in [-0.4, -0.2) is 9.97 Å². The number of aromatic nitrogens is 2. The average molecular weight is 355 g/mol. The highest BCUT2D eigenvalue weighted by atomic mass is 35.5. The molecule has 0 radical (unpaired) electrons. The van der Waals surface area contributed by atoms with Gasteiger partial charge in [-0.1, -0.05) is 36.7 Å². The number of nitrogens with one attached hydrogen (secondary N) is 1. The topological polar surface area (TPSA) is 73.1 Å². The van der Waals surface area contributed by atoms with Crippen molar-refractivity contribution in [2.75, 3.05) is 11.1 Å². The van der Waals surface area contributed by atoms with Gasteiger partial charge in [-0.2, -0.15) is 4.98 Å². The minimum absolute atomic E-state index is 0.299. The summed E-state index contributed by atoms with van der Waals surface area (Å²) in [6.07, 6.45) is 2.33. The number of ether oxygens (including phenoxy) is 1. The number of rotatable bonds is 5. The van der Waals surface area contributed by atoms with Gasteiger partial charge in [-0.15, -0.1) is 0 Å². The first-order valence-corrected chi connectivity index (χ1v) is 8.35. The predicted octanol–water partition coefficient (Wildman–Crippen LogP) is 5.12. The van der Waals surface area contributed by atoms with Gasteiger partial charge >= 0.3 is 0 Å². The number of aryl methyl sites for hydroxylation is 2. The van der Waals surface area contributed by atoms with E-state index < -0.39 is 0 Å². The minimum Gasteiger partial charge on any atom is -0.437 e. The van der Waals surface area contributed by atoms with Gasteiger partial charge in [0.1, 0.15) is 17.8 Å². The Morgan fingerprint density at radius 3 is 2.72 bits per heavy atom. The van der Waals surface area contributed by atoms with Crippen molar-refractivity contribution in [3.05, 3.63) is 64.9 Å². The summed E-state index contributed by atoms with van der Waals surface area (Å²) in [6.45, 7) is 4.01. The Hall–Kier alpha value is -2.79. The number of para-hydroxylation sites is 1. The maximum absolute atomic E-state index is 6.20. The number of anilines is 3. The number of halogens is 1. The lowest BCUT2D eigenvalue weighted by Gasteiger charge is -2.14. The van der Waals surface area contributed by atoms with Crippen molar-refractivity contribution >= 4 is 28.8 Å². The summed E-state index contributed by atoms with van der Waals surface area (Å²) < 4.78 is 5.81. The molecule has 3 rings (SSSR count). The van der Waals surface area contributed by atoms with E-state index in [1.54, 1.807) is 12.1 Å². The molecule has 3 aromatic rings. The highest BCUT2D eigenvalue weighted by Gasteiger charge is 2.12. The SMILES string of the molecule is CCc1ccccc1Nc1ncnc(Oc2ccc(Cl)c(C)c2)c1N. The van der Waals surface area contributed by atoms with Crippen molar-refractivity contribution in [2.24, 2.45) is 0 Å². The third-order valence-electron chi connectivity index (χ3n) is 3.84. The molecule has 128 valence electrons. The standard InChI is InChI=1S/C19H19ClN4O/c1-3-13-6-4-5-7-16(13)24-18-17(21)19(23-11-22-18)25-14-8-9-15(20)12(2)10-14/h4-11H,3,21H2,1-2H3,(H,22,23,24). The number of benzene rings is 2. The quantitative estimate of drug-likeness (QED) is 0.665. The Morgan fingerprint density at radius 2 is 1.96 bits per heavy atom. The predicted molar refractivity (Wildman–Crippen MR) is 102 cm³/mol. The molecular formula is C19H19ClN4O. The van der Waals surface area contributed by atoms with Gasteiger partial charge in [0.15, 0.2) is 5.82 Å². The monoisotopic (exact) mass is 354 g/mol. The Bertz CT molecular complexity index is 898. The maximum atomic E-state index is 6.20. The number of nitrogens with zero attached hydrogens (tertiary/aromatic N) is 2. The van der Waals surface area contributed by atoms with Crippen molar-refractivity contribution in [1.29, 1.82) is 0 Å². The van der Waals surface area contributed by atoms with Crippen LogP contribution in [0.4, 0.5) is 17.2 Å². The lowest BCUT2D eigenvalue weighted by Crippen LogP contribution is -2.04. The fourth-order valence-electron chi connectivity index (χ4n) is 2.43. The highest BCUT2D eigenvalue weighted by Crippen LogP contribution is 2.32. The maximum Gasteiger partial charge on any atom is 0.248 e. The van der Waals surface area contributed by atoms with Gasteiger partial charge in [0.2, 0.25) is 5.88 Å². The molecule has 0 saturated carbocycles. The fourth-order valence-corrected chi connectivity index (χ4v) is 2.55. The smallest absolute Gasteiger partial charge is 0.248 e. The van der Waals surface area contributed by atoms with Crippen LogP contribution < -0.4 is 15.8 Å². The Balaban J connectivity index is 1.88. The van der Waals surface area contributed by atoms with Crippen LogP contribution in [-0.2, 0) is 6.42 Å². The first-order valence-electron chi connectivity index (χ1n) is 7.98. The van der Waals surface area contributed by atoms with Gasteiger partial charge in [0.05, 0.1) is 0 Å². The van der Waals surface area contributed by atoms with Crippen LogP contribution in [0.3, 0.4) is 0 Å². The first-order chi connectivity index (χ1) is 12.1. The summed E-state index contributed by atoms with van der Waals surface area (Å²) in [5, 5.41) is 3.94. The van der Waals surface area contributed by atoms with Gasteiger partial charge in [-0.25, -0.2) is 4.98 Å². The molecule has 0 saturated heterocycles. The molecule has 0 unspecified atom stereocenters. The van der Waals surface area contributed by atoms with E-state index in [1.807, 2.05) is 31.2 Å². The molecule has 6 heteroatoms. The van der Waals surface area contributed by atoms with E-state index in [-0.39, 0.29) is 0 Å². The Morgan fingerprint density at radius 1 is 1.16 bits per heavy atom. The largest absolute Gasteiger partial charge is 0.437 e. The molecule has 0 aliphatic carbocycles. The summed E-state index contributed by atoms with van der Waals surface area (Å²) >= 11 is 6.04. The number of nitrogen functional groups attached to an aromatic ring is 1. The van der Waals surface area contributed by atoms with Crippen LogP contribution in [0.25, 0.3) is 0 Å². The molecule has 0 aliphatic rings. The zero-order chi connectivity index (χ0) is 17.8. The number of nitrogens with two attached hydrogens (primary N) is 1. The molecule has 0 spiro atoms. The van der Waals surface area contributed by atoms with Gasteiger partial charge in [-0.05, 0) is 48.7 Å². The van der Waals surface area contributed by atoms with E-state index in [0.717, 1.165) is 17.7 Å². The van der Waals surface area contributed by atoms with Crippen molar-refractivity contribution < 1.29 is 4.74 Å². The van der Waals surface area contributed by atoms with Gasteiger partial charge in [0, 0.05) is 10.7 Å². The summed E-state index contributed by atoms with van der Waals surface area (Å²) in [5.74, 6) is 1.43. The van der Waals surface area contributed by atoms with Crippen LogP contribution in [0.2, 0.25) is 5.02 Å². The molecular weight excluding hydrogens is 336 g/mol. The minimum atomic E-state index is 0.299. The number of hydrogen-bond donors (Lipinski definition) is 2. The second-order valence-corrected chi connectivity index (χ2v) is 6.00. The van der Waals surface area contributed by atoms with E-state index >= 15 is 0 Å². The lowest BCUT2D eigenvalue weighted by atomic mass is 10.1. The molecule has 3 N–H and O–H groups in total. The van der Waals surface area contributed by atoms with Crippen molar-refractivity contribution in [2.45, 2.75) is 20.3 Å². The van der Waals surface area contributed by atoms with Crippen LogP contribution in [0, 0.1) is 6.92 Å². The van der Waals surface area contributed by atoms with Crippen LogP contribution in [0.1, 0.15) is 18.1 Å².